The van der Waals surface area contributed by atoms with Gasteiger partial charge in [-0.2, -0.15) is 33.7 Å². The summed E-state index contributed by atoms with van der Waals surface area (Å²) >= 11 is 0. The average molecular weight is 327 g/mol. The van der Waals surface area contributed by atoms with E-state index in [2.05, 4.69) is 0 Å². The number of hydrogen-bond acceptors (Lipinski definition) is 8. The summed E-state index contributed by atoms with van der Waals surface area (Å²) in [4.78, 5) is 0. The van der Waals surface area contributed by atoms with Gasteiger partial charge in [0.2, 0.25) is 0 Å². The van der Waals surface area contributed by atoms with Gasteiger partial charge in [0.05, 0.1) is 3.12 Å². The Morgan fingerprint density at radius 2 is 0.875 bits per heavy atom. The SMILES string of the molecule is O=S(=O)(F)N(S(=O)(=O)F)S(=O)(=O)S(=O)(=O)F. The van der Waals surface area contributed by atoms with Crippen LogP contribution >= 0.6 is 0 Å². The van der Waals surface area contributed by atoms with Crippen LogP contribution in [0.2, 0.25) is 0 Å². The van der Waals surface area contributed by atoms with Crippen molar-refractivity contribution in [2.24, 2.45) is 0 Å². The van der Waals surface area contributed by atoms with E-state index in [1.807, 2.05) is 0 Å². The molecule has 0 aliphatic heterocycles. The van der Waals surface area contributed by atoms with Gasteiger partial charge in [-0.1, -0.05) is 11.7 Å². The molecule has 0 unspecified atom stereocenters. The highest BCUT2D eigenvalue weighted by molar-refractivity contribution is 8.66. The third-order valence-corrected chi connectivity index (χ3v) is 8.21. The minimum atomic E-state index is -6.94. The molecule has 98 valence electrons. The van der Waals surface area contributed by atoms with Crippen LogP contribution in [0.5, 0.6) is 0 Å². The van der Waals surface area contributed by atoms with Crippen LogP contribution < -0.4 is 0 Å². The summed E-state index contributed by atoms with van der Waals surface area (Å²) < 4.78 is 113. The predicted octanol–water partition coefficient (Wildman–Crippen LogP) is -1.74. The van der Waals surface area contributed by atoms with Crippen LogP contribution in [-0.4, -0.2) is 36.8 Å². The summed E-state index contributed by atoms with van der Waals surface area (Å²) in [5.74, 6) is 0. The molecule has 0 fully saturated rings. The smallest absolute Gasteiger partial charge is 0.190 e. The van der Waals surface area contributed by atoms with Gasteiger partial charge in [0.25, 0.3) is 0 Å². The van der Waals surface area contributed by atoms with Crippen molar-refractivity contribution in [2.45, 2.75) is 0 Å². The second kappa shape index (κ2) is 3.79. The standard InChI is InChI=1S/F3NO8S4/c1-13(5,6)4(14(2,7)8)16(11,12)15(3,9)10. The summed E-state index contributed by atoms with van der Waals surface area (Å²) in [6, 6.07) is 0. The van der Waals surface area contributed by atoms with E-state index in [0.717, 1.165) is 0 Å². The minimum absolute atomic E-state index is 2.73. The van der Waals surface area contributed by atoms with Gasteiger partial charge in [-0.15, -0.1) is 0 Å². The van der Waals surface area contributed by atoms with Crippen LogP contribution in [0.4, 0.5) is 11.7 Å². The fourth-order valence-electron chi connectivity index (χ4n) is 0.397. The molecule has 9 nitrogen and oxygen atoms in total. The Bertz CT molecular complexity index is 644. The molecule has 16 heavy (non-hydrogen) atoms. The van der Waals surface area contributed by atoms with E-state index in [1.165, 1.54) is 0 Å². The lowest BCUT2D eigenvalue weighted by Crippen LogP contribution is -2.39. The lowest BCUT2D eigenvalue weighted by molar-refractivity contribution is 0.483. The number of nitrogens with zero attached hydrogens (tertiary/aromatic N) is 1. The molecule has 0 aromatic carbocycles. The Hall–Kier alpha value is -0.450. The zero-order valence-electron chi connectivity index (χ0n) is 6.48. The molecule has 0 saturated carbocycles. The Labute approximate surface area is 87.8 Å². The van der Waals surface area contributed by atoms with E-state index in [4.69, 9.17) is 0 Å². The van der Waals surface area contributed by atoms with Crippen molar-refractivity contribution in [1.82, 2.24) is 3.12 Å². The number of hydrogen-bond donors (Lipinski definition) is 0. The van der Waals surface area contributed by atoms with Gasteiger partial charge >= 0.3 is 39.1 Å². The highest BCUT2D eigenvalue weighted by Gasteiger charge is 2.53. The van der Waals surface area contributed by atoms with Crippen LogP contribution in [-0.2, 0) is 39.1 Å². The van der Waals surface area contributed by atoms with E-state index in [0.29, 0.717) is 0 Å². The van der Waals surface area contributed by atoms with E-state index >= 15 is 0 Å². The first-order valence-corrected chi connectivity index (χ1v) is 8.53. The van der Waals surface area contributed by atoms with Gasteiger partial charge < -0.3 is 0 Å². The molecule has 0 aliphatic rings. The second-order valence-corrected chi connectivity index (χ2v) is 9.41. The zero-order chi connectivity index (χ0) is 13.6. The average Bonchev–Trinajstić information content (AvgIpc) is 1.72. The van der Waals surface area contributed by atoms with Crippen molar-refractivity contribution >= 4 is 39.1 Å². The fraction of sp³-hybridized carbons (Fsp3) is 0. The van der Waals surface area contributed by atoms with Gasteiger partial charge in [0, 0.05) is 0 Å². The summed E-state index contributed by atoms with van der Waals surface area (Å²) in [6.45, 7) is 0. The highest BCUT2D eigenvalue weighted by Crippen LogP contribution is 2.23. The Morgan fingerprint density at radius 1 is 0.625 bits per heavy atom. The van der Waals surface area contributed by atoms with Crippen LogP contribution in [0.3, 0.4) is 0 Å². The largest absolute Gasteiger partial charge is 0.426 e. The molecule has 0 bridgehead atoms. The Kier molecular flexibility index (Phi) is 3.68. The molecule has 0 spiro atoms. The van der Waals surface area contributed by atoms with Crippen LogP contribution in [0.15, 0.2) is 0 Å². The molecular formula is F3NO8S4. The first-order valence-electron chi connectivity index (χ1n) is 2.51. The molecule has 0 heterocycles. The lowest BCUT2D eigenvalue weighted by Gasteiger charge is -2.08. The van der Waals surface area contributed by atoms with Crippen molar-refractivity contribution in [2.75, 3.05) is 0 Å². The number of rotatable bonds is 4. The monoisotopic (exact) mass is 327 g/mol. The quantitative estimate of drug-likeness (QED) is 0.438. The maximum atomic E-state index is 12.0. The van der Waals surface area contributed by atoms with Crippen molar-refractivity contribution in [3.63, 3.8) is 0 Å². The third-order valence-electron chi connectivity index (χ3n) is 0.790. The summed E-state index contributed by atoms with van der Waals surface area (Å²) in [5.41, 5.74) is 0. The second-order valence-electron chi connectivity index (χ2n) is 1.87. The third kappa shape index (κ3) is 3.03. The van der Waals surface area contributed by atoms with Crippen molar-refractivity contribution in [1.29, 1.82) is 0 Å². The van der Waals surface area contributed by atoms with E-state index < -0.39 is 42.2 Å². The molecule has 0 aliphatic carbocycles. The Balaban J connectivity index is 6.46. The molecule has 0 saturated heterocycles. The van der Waals surface area contributed by atoms with Gasteiger partial charge in [0.15, 0.2) is 0 Å². The molecule has 0 radical (unpaired) electrons. The maximum Gasteiger partial charge on any atom is 0.426 e. The van der Waals surface area contributed by atoms with Crippen molar-refractivity contribution in [3.05, 3.63) is 0 Å². The van der Waals surface area contributed by atoms with Crippen molar-refractivity contribution < 1.29 is 45.3 Å². The summed E-state index contributed by atoms with van der Waals surface area (Å²) in [5, 5.41) is 0. The van der Waals surface area contributed by atoms with Gasteiger partial charge in [-0.05, 0) is 0 Å². The number of halogens is 3. The van der Waals surface area contributed by atoms with E-state index in [1.54, 1.807) is 0 Å². The first kappa shape index (κ1) is 15.5. The van der Waals surface area contributed by atoms with Crippen LogP contribution in [0, 0.1) is 0 Å². The molecular weight excluding hydrogens is 327 g/mol. The molecule has 0 aromatic heterocycles. The molecule has 0 N–H and O–H groups in total. The Morgan fingerprint density at radius 3 is 0.938 bits per heavy atom. The fourth-order valence-corrected chi connectivity index (χ4v) is 6.19. The molecule has 0 atom stereocenters. The van der Waals surface area contributed by atoms with Gasteiger partial charge in [-0.3, -0.25) is 0 Å². The topological polar surface area (TPSA) is 140 Å². The molecule has 0 rings (SSSR count). The van der Waals surface area contributed by atoms with E-state index in [9.17, 15) is 45.3 Å². The van der Waals surface area contributed by atoms with E-state index in [-0.39, 0.29) is 0 Å². The predicted molar refractivity (Wildman–Crippen MR) is 40.8 cm³/mol. The lowest BCUT2D eigenvalue weighted by atomic mass is 13.8. The maximum absolute atomic E-state index is 12.0. The van der Waals surface area contributed by atoms with Crippen LogP contribution in [0.1, 0.15) is 0 Å². The van der Waals surface area contributed by atoms with Gasteiger partial charge in [0.1, 0.15) is 0 Å². The zero-order valence-corrected chi connectivity index (χ0v) is 9.75. The summed E-state index contributed by atoms with van der Waals surface area (Å²) in [7, 11) is -27.6. The summed E-state index contributed by atoms with van der Waals surface area (Å²) in [6.07, 6.45) is 0. The first-order chi connectivity index (χ1) is 6.62. The normalized spacial score (nSPS) is 15.2. The minimum Gasteiger partial charge on any atom is -0.190 e. The van der Waals surface area contributed by atoms with Crippen LogP contribution in [0.25, 0.3) is 0 Å². The molecule has 0 amide bonds. The van der Waals surface area contributed by atoms with Crippen molar-refractivity contribution in [3.8, 4) is 0 Å². The molecule has 0 aromatic rings. The van der Waals surface area contributed by atoms with Gasteiger partial charge in [-0.25, -0.2) is 0 Å². The highest BCUT2D eigenvalue weighted by atomic mass is 33.2. The molecule has 16 heteroatoms.